The number of esters is 1. The molecule has 1 rings (SSSR count). The first-order valence-corrected chi connectivity index (χ1v) is 5.84. The van der Waals surface area contributed by atoms with Crippen molar-refractivity contribution in [3.63, 3.8) is 0 Å². The number of phenols is 1. The monoisotopic (exact) mass is 250 g/mol. The third-order valence-corrected chi connectivity index (χ3v) is 2.30. The molecule has 4 heteroatoms. The molecule has 18 heavy (non-hydrogen) atoms. The number of carbonyl (C=O) groups excluding carboxylic acids is 1. The molecule has 1 aromatic rings. The van der Waals surface area contributed by atoms with Gasteiger partial charge in [-0.1, -0.05) is 19.6 Å². The van der Waals surface area contributed by atoms with Crippen molar-refractivity contribution >= 4 is 5.97 Å². The van der Waals surface area contributed by atoms with Crippen molar-refractivity contribution in [3.05, 3.63) is 35.9 Å². The molecule has 0 bridgehead atoms. The topological polar surface area (TPSA) is 55.8 Å². The van der Waals surface area contributed by atoms with Crippen LogP contribution in [0.15, 0.2) is 24.8 Å². The van der Waals surface area contributed by atoms with Gasteiger partial charge in [0.05, 0.1) is 6.61 Å². The van der Waals surface area contributed by atoms with Gasteiger partial charge in [0, 0.05) is 6.07 Å². The molecule has 0 radical (unpaired) electrons. The molecular weight excluding hydrogens is 232 g/mol. The van der Waals surface area contributed by atoms with E-state index in [0.29, 0.717) is 17.9 Å². The predicted octanol–water partition coefficient (Wildman–Crippen LogP) is 2.83. The zero-order valence-corrected chi connectivity index (χ0v) is 10.7. The SMILES string of the molecule is C=CCOC(=O)c1c(C)cc(OCCC)cc1O. The van der Waals surface area contributed by atoms with Crippen LogP contribution < -0.4 is 4.74 Å². The Morgan fingerprint density at radius 3 is 2.78 bits per heavy atom. The summed E-state index contributed by atoms with van der Waals surface area (Å²) in [5, 5.41) is 9.83. The lowest BCUT2D eigenvalue weighted by molar-refractivity contribution is 0.0545. The fourth-order valence-corrected chi connectivity index (χ4v) is 1.51. The maximum Gasteiger partial charge on any atom is 0.342 e. The molecule has 0 unspecified atom stereocenters. The lowest BCUT2D eigenvalue weighted by Crippen LogP contribution is -2.08. The number of rotatable bonds is 6. The standard InChI is InChI=1S/C14H18O4/c1-4-6-17-11-8-10(3)13(12(15)9-11)14(16)18-7-5-2/h5,8-9,15H,2,4,6-7H2,1,3H3. The maximum atomic E-state index is 11.7. The smallest absolute Gasteiger partial charge is 0.342 e. The van der Waals surface area contributed by atoms with E-state index in [0.717, 1.165) is 6.42 Å². The minimum atomic E-state index is -0.563. The van der Waals surface area contributed by atoms with Gasteiger partial charge in [0.25, 0.3) is 0 Å². The number of aromatic hydroxyl groups is 1. The second-order valence-corrected chi connectivity index (χ2v) is 3.87. The number of hydrogen-bond acceptors (Lipinski definition) is 4. The fraction of sp³-hybridized carbons (Fsp3) is 0.357. The Balaban J connectivity index is 2.93. The molecule has 0 aliphatic rings. The summed E-state index contributed by atoms with van der Waals surface area (Å²) in [4.78, 5) is 11.7. The predicted molar refractivity (Wildman–Crippen MR) is 69.1 cm³/mol. The van der Waals surface area contributed by atoms with Crippen LogP contribution in [0.2, 0.25) is 0 Å². The van der Waals surface area contributed by atoms with Gasteiger partial charge in [-0.05, 0) is 25.0 Å². The molecule has 0 atom stereocenters. The van der Waals surface area contributed by atoms with Crippen LogP contribution >= 0.6 is 0 Å². The van der Waals surface area contributed by atoms with Crippen LogP contribution in [-0.2, 0) is 4.74 Å². The Kier molecular flexibility index (Phi) is 5.24. The summed E-state index contributed by atoms with van der Waals surface area (Å²) in [6.45, 7) is 7.86. The first kappa shape index (κ1) is 14.1. The van der Waals surface area contributed by atoms with Crippen LogP contribution in [0.1, 0.15) is 29.3 Å². The molecule has 0 amide bonds. The average Bonchev–Trinajstić information content (AvgIpc) is 2.33. The van der Waals surface area contributed by atoms with E-state index in [2.05, 4.69) is 6.58 Å². The summed E-state index contributed by atoms with van der Waals surface area (Å²) in [6, 6.07) is 3.13. The fourth-order valence-electron chi connectivity index (χ4n) is 1.51. The van der Waals surface area contributed by atoms with Gasteiger partial charge < -0.3 is 14.6 Å². The Bertz CT molecular complexity index is 414. The number of phenolic OH excluding ortho intramolecular Hbond substituents is 1. The first-order valence-electron chi connectivity index (χ1n) is 5.84. The van der Waals surface area contributed by atoms with Crippen molar-refractivity contribution in [2.24, 2.45) is 0 Å². The highest BCUT2D eigenvalue weighted by Gasteiger charge is 2.17. The molecule has 1 N–H and O–H groups in total. The average molecular weight is 250 g/mol. The summed E-state index contributed by atoms with van der Waals surface area (Å²) in [5.74, 6) is -0.144. The van der Waals surface area contributed by atoms with Crippen LogP contribution in [0, 0.1) is 6.92 Å². The molecule has 0 aromatic heterocycles. The minimum absolute atomic E-state index is 0.117. The Morgan fingerprint density at radius 1 is 1.50 bits per heavy atom. The van der Waals surface area contributed by atoms with Crippen molar-refractivity contribution in [3.8, 4) is 11.5 Å². The number of carbonyl (C=O) groups is 1. The quantitative estimate of drug-likeness (QED) is 0.623. The van der Waals surface area contributed by atoms with E-state index < -0.39 is 5.97 Å². The van der Waals surface area contributed by atoms with Gasteiger partial charge in [-0.2, -0.15) is 0 Å². The molecule has 0 spiro atoms. The van der Waals surface area contributed by atoms with Gasteiger partial charge in [0.1, 0.15) is 23.7 Å². The number of benzene rings is 1. The Morgan fingerprint density at radius 2 is 2.22 bits per heavy atom. The molecule has 0 saturated heterocycles. The van der Waals surface area contributed by atoms with Crippen LogP contribution in [0.4, 0.5) is 0 Å². The van der Waals surface area contributed by atoms with E-state index in [1.54, 1.807) is 13.0 Å². The van der Waals surface area contributed by atoms with Gasteiger partial charge in [-0.25, -0.2) is 4.79 Å². The van der Waals surface area contributed by atoms with Crippen LogP contribution in [-0.4, -0.2) is 24.3 Å². The lowest BCUT2D eigenvalue weighted by atomic mass is 10.1. The summed E-state index contributed by atoms with van der Waals surface area (Å²) in [7, 11) is 0. The van der Waals surface area contributed by atoms with Crippen molar-refractivity contribution < 1.29 is 19.4 Å². The zero-order chi connectivity index (χ0) is 13.5. The highest BCUT2D eigenvalue weighted by molar-refractivity contribution is 5.94. The van der Waals surface area contributed by atoms with E-state index in [1.165, 1.54) is 12.1 Å². The lowest BCUT2D eigenvalue weighted by Gasteiger charge is -2.11. The summed E-state index contributed by atoms with van der Waals surface area (Å²) < 4.78 is 10.3. The van der Waals surface area contributed by atoms with Gasteiger partial charge >= 0.3 is 5.97 Å². The van der Waals surface area contributed by atoms with E-state index in [4.69, 9.17) is 9.47 Å². The van der Waals surface area contributed by atoms with Crippen molar-refractivity contribution in [2.45, 2.75) is 20.3 Å². The molecule has 0 heterocycles. The summed E-state index contributed by atoms with van der Waals surface area (Å²) in [6.07, 6.45) is 2.35. The van der Waals surface area contributed by atoms with Crippen LogP contribution in [0.3, 0.4) is 0 Å². The summed E-state index contributed by atoms with van der Waals surface area (Å²) in [5.41, 5.74) is 0.788. The molecule has 0 saturated carbocycles. The second-order valence-electron chi connectivity index (χ2n) is 3.87. The van der Waals surface area contributed by atoms with Crippen molar-refractivity contribution in [1.82, 2.24) is 0 Å². The largest absolute Gasteiger partial charge is 0.507 e. The Hall–Kier alpha value is -1.97. The summed E-state index contributed by atoms with van der Waals surface area (Å²) >= 11 is 0. The van der Waals surface area contributed by atoms with Crippen LogP contribution in [0.5, 0.6) is 11.5 Å². The van der Waals surface area contributed by atoms with Crippen LogP contribution in [0.25, 0.3) is 0 Å². The second kappa shape index (κ2) is 6.69. The van der Waals surface area contributed by atoms with E-state index in [-0.39, 0.29) is 17.9 Å². The van der Waals surface area contributed by atoms with E-state index in [1.807, 2.05) is 6.92 Å². The molecule has 0 fully saturated rings. The number of hydrogen-bond donors (Lipinski definition) is 1. The van der Waals surface area contributed by atoms with Crippen molar-refractivity contribution in [2.75, 3.05) is 13.2 Å². The van der Waals surface area contributed by atoms with Crippen molar-refractivity contribution in [1.29, 1.82) is 0 Å². The molecule has 98 valence electrons. The van der Waals surface area contributed by atoms with Gasteiger partial charge in [-0.3, -0.25) is 0 Å². The highest BCUT2D eigenvalue weighted by Crippen LogP contribution is 2.28. The molecule has 4 nitrogen and oxygen atoms in total. The van der Waals surface area contributed by atoms with Gasteiger partial charge in [0.2, 0.25) is 0 Å². The third kappa shape index (κ3) is 3.52. The Labute approximate surface area is 107 Å². The normalized spacial score (nSPS) is 9.89. The van der Waals surface area contributed by atoms with E-state index in [9.17, 15) is 9.90 Å². The number of aryl methyl sites for hydroxylation is 1. The molecule has 0 aliphatic heterocycles. The highest BCUT2D eigenvalue weighted by atomic mass is 16.5. The molecule has 1 aromatic carbocycles. The zero-order valence-electron chi connectivity index (χ0n) is 10.7. The van der Waals surface area contributed by atoms with Gasteiger partial charge in [0.15, 0.2) is 0 Å². The first-order chi connectivity index (χ1) is 8.60. The number of ether oxygens (including phenoxy) is 2. The molecule has 0 aliphatic carbocycles. The third-order valence-electron chi connectivity index (χ3n) is 2.30. The minimum Gasteiger partial charge on any atom is -0.507 e. The van der Waals surface area contributed by atoms with Gasteiger partial charge in [-0.15, -0.1) is 0 Å². The maximum absolute atomic E-state index is 11.7. The molecular formula is C14H18O4. The van der Waals surface area contributed by atoms with E-state index >= 15 is 0 Å².